The van der Waals surface area contributed by atoms with Crippen molar-refractivity contribution in [2.45, 2.75) is 44.9 Å². The first-order valence-electron chi connectivity index (χ1n) is 13.6. The first-order valence-corrected chi connectivity index (χ1v) is 14.4. The van der Waals surface area contributed by atoms with Crippen LogP contribution >= 0.6 is 11.3 Å². The predicted molar refractivity (Wildman–Crippen MR) is 155 cm³/mol. The number of anilines is 1. The molecule has 5 aromatic rings. The van der Waals surface area contributed by atoms with Crippen LogP contribution in [0.3, 0.4) is 0 Å². The van der Waals surface area contributed by atoms with E-state index in [0.717, 1.165) is 69.7 Å². The van der Waals surface area contributed by atoms with Crippen LogP contribution in [0.15, 0.2) is 60.9 Å². The van der Waals surface area contributed by atoms with Gasteiger partial charge in [-0.15, -0.1) is 11.3 Å². The number of hydrogen-bond donors (Lipinski definition) is 1. The Balaban J connectivity index is 1.27. The van der Waals surface area contributed by atoms with Crippen molar-refractivity contribution < 1.29 is 9.53 Å². The number of piperidine rings is 1. The summed E-state index contributed by atoms with van der Waals surface area (Å²) in [5.74, 6) is 0.701. The maximum absolute atomic E-state index is 12.4. The third-order valence-electron chi connectivity index (χ3n) is 7.45. The van der Waals surface area contributed by atoms with E-state index in [0.29, 0.717) is 25.5 Å². The molecule has 0 aliphatic carbocycles. The van der Waals surface area contributed by atoms with Crippen molar-refractivity contribution in [1.82, 2.24) is 24.5 Å². The summed E-state index contributed by atoms with van der Waals surface area (Å²) >= 11 is 1.73. The predicted octanol–water partition coefficient (Wildman–Crippen LogP) is 6.30. The molecule has 0 unspecified atom stereocenters. The SMILES string of the molecule is CCCCOC(=O)N1CCC(c2cc(-c3ccc4sc(Cc5ccccc5)nc4c3)c3c(N)ncnn23)CC1. The van der Waals surface area contributed by atoms with E-state index in [1.165, 1.54) is 11.9 Å². The van der Waals surface area contributed by atoms with Crippen molar-refractivity contribution in [1.29, 1.82) is 0 Å². The number of fused-ring (bicyclic) bond motifs is 2. The van der Waals surface area contributed by atoms with E-state index in [1.807, 2.05) is 15.5 Å². The minimum absolute atomic E-state index is 0.211. The first kappa shape index (κ1) is 25.3. The Bertz CT molecular complexity index is 1600. The Morgan fingerprint density at radius 2 is 1.95 bits per heavy atom. The lowest BCUT2D eigenvalue weighted by Gasteiger charge is -2.31. The molecule has 39 heavy (non-hydrogen) atoms. The van der Waals surface area contributed by atoms with E-state index in [9.17, 15) is 4.79 Å². The zero-order valence-corrected chi connectivity index (χ0v) is 22.9. The fraction of sp³-hybridized carbons (Fsp3) is 0.333. The lowest BCUT2D eigenvalue weighted by molar-refractivity contribution is 0.0913. The Morgan fingerprint density at radius 1 is 1.13 bits per heavy atom. The minimum atomic E-state index is -0.211. The number of carbonyl (C=O) groups excluding carboxylic acids is 1. The molecule has 1 saturated heterocycles. The van der Waals surface area contributed by atoms with Crippen molar-refractivity contribution >= 4 is 39.0 Å². The van der Waals surface area contributed by atoms with Gasteiger partial charge < -0.3 is 15.4 Å². The van der Waals surface area contributed by atoms with E-state index in [1.54, 1.807) is 11.3 Å². The van der Waals surface area contributed by atoms with Crippen LogP contribution in [0.5, 0.6) is 0 Å². The number of nitrogens with zero attached hydrogens (tertiary/aromatic N) is 5. The number of rotatable bonds is 7. The van der Waals surface area contributed by atoms with Gasteiger partial charge in [-0.25, -0.2) is 19.3 Å². The monoisotopic (exact) mass is 540 g/mol. The molecule has 200 valence electrons. The van der Waals surface area contributed by atoms with Crippen LogP contribution in [-0.2, 0) is 11.2 Å². The van der Waals surface area contributed by atoms with Crippen LogP contribution in [0.1, 0.15) is 54.8 Å². The molecule has 4 heterocycles. The second-order valence-electron chi connectivity index (χ2n) is 10.1. The summed E-state index contributed by atoms with van der Waals surface area (Å²) in [5.41, 5.74) is 12.6. The van der Waals surface area contributed by atoms with E-state index in [2.05, 4.69) is 65.5 Å². The van der Waals surface area contributed by atoms with Crippen molar-refractivity contribution in [3.63, 3.8) is 0 Å². The van der Waals surface area contributed by atoms with Gasteiger partial charge in [0.05, 0.1) is 21.8 Å². The van der Waals surface area contributed by atoms with Gasteiger partial charge in [0.25, 0.3) is 0 Å². The highest BCUT2D eigenvalue weighted by atomic mass is 32.1. The molecule has 1 amide bonds. The van der Waals surface area contributed by atoms with Gasteiger partial charge in [-0.2, -0.15) is 5.10 Å². The van der Waals surface area contributed by atoms with Gasteiger partial charge in [0.1, 0.15) is 11.8 Å². The number of amides is 1. The highest BCUT2D eigenvalue weighted by Gasteiger charge is 2.28. The molecule has 0 atom stereocenters. The largest absolute Gasteiger partial charge is 0.449 e. The molecule has 6 rings (SSSR count). The Labute approximate surface area is 231 Å². The number of ether oxygens (including phenoxy) is 1. The molecule has 2 N–H and O–H groups in total. The summed E-state index contributed by atoms with van der Waals surface area (Å²) in [6, 6.07) is 19.0. The number of unbranched alkanes of at least 4 members (excludes halogenated alkanes) is 1. The van der Waals surface area contributed by atoms with Gasteiger partial charge in [-0.3, -0.25) is 0 Å². The summed E-state index contributed by atoms with van der Waals surface area (Å²) in [5, 5.41) is 5.68. The maximum atomic E-state index is 12.4. The van der Waals surface area contributed by atoms with Gasteiger partial charge in [-0.05, 0) is 48.6 Å². The standard InChI is InChI=1S/C30H32N6O2S/c1-2-3-15-38-30(37)35-13-11-21(12-14-35)25-18-23(28-29(31)32-19-33-36(25)28)22-9-10-26-24(17-22)34-27(39-26)16-20-7-5-4-6-8-20/h4-10,17-19,21H,2-3,11-16H2,1H3,(H2,31,32,33). The number of nitrogen functional groups attached to an aromatic ring is 1. The third-order valence-corrected chi connectivity index (χ3v) is 8.48. The second-order valence-corrected chi connectivity index (χ2v) is 11.2. The molecular formula is C30H32N6O2S. The Morgan fingerprint density at radius 3 is 2.74 bits per heavy atom. The molecule has 0 radical (unpaired) electrons. The lowest BCUT2D eigenvalue weighted by Crippen LogP contribution is -2.38. The van der Waals surface area contributed by atoms with Crippen molar-refractivity contribution in [3.8, 4) is 11.1 Å². The van der Waals surface area contributed by atoms with Crippen LogP contribution in [0.4, 0.5) is 10.6 Å². The van der Waals surface area contributed by atoms with E-state index < -0.39 is 0 Å². The number of carbonyl (C=O) groups is 1. The highest BCUT2D eigenvalue weighted by Crippen LogP contribution is 2.38. The molecular weight excluding hydrogens is 508 g/mol. The molecule has 2 aromatic carbocycles. The first-order chi connectivity index (χ1) is 19.1. The third kappa shape index (κ3) is 5.18. The molecule has 8 nitrogen and oxygen atoms in total. The average molecular weight is 541 g/mol. The van der Waals surface area contributed by atoms with Gasteiger partial charge in [0, 0.05) is 36.7 Å². The smallest absolute Gasteiger partial charge is 0.409 e. The molecule has 0 saturated carbocycles. The topological polar surface area (TPSA) is 98.6 Å². The lowest BCUT2D eigenvalue weighted by atomic mass is 9.93. The van der Waals surface area contributed by atoms with Crippen LogP contribution in [0.25, 0.3) is 26.9 Å². The molecule has 1 aliphatic heterocycles. The van der Waals surface area contributed by atoms with E-state index in [-0.39, 0.29) is 12.0 Å². The van der Waals surface area contributed by atoms with E-state index >= 15 is 0 Å². The number of benzene rings is 2. The number of hydrogen-bond acceptors (Lipinski definition) is 7. The number of aromatic nitrogens is 4. The van der Waals surface area contributed by atoms with Crippen LogP contribution in [0.2, 0.25) is 0 Å². The molecule has 1 aliphatic rings. The number of nitrogens with two attached hydrogens (primary N) is 1. The molecule has 0 spiro atoms. The van der Waals surface area contributed by atoms with Gasteiger partial charge in [0.2, 0.25) is 0 Å². The Hall–Kier alpha value is -3.98. The van der Waals surface area contributed by atoms with Gasteiger partial charge >= 0.3 is 6.09 Å². The minimum Gasteiger partial charge on any atom is -0.449 e. The zero-order chi connectivity index (χ0) is 26.8. The van der Waals surface area contributed by atoms with Crippen LogP contribution < -0.4 is 5.73 Å². The summed E-state index contributed by atoms with van der Waals surface area (Å²) in [6.45, 7) is 3.89. The highest BCUT2D eigenvalue weighted by molar-refractivity contribution is 7.18. The maximum Gasteiger partial charge on any atom is 0.409 e. The second kappa shape index (κ2) is 11.0. The molecule has 1 fully saturated rings. The van der Waals surface area contributed by atoms with Crippen molar-refractivity contribution in [2.24, 2.45) is 0 Å². The summed E-state index contributed by atoms with van der Waals surface area (Å²) < 4.78 is 8.52. The van der Waals surface area contributed by atoms with Crippen LogP contribution in [-0.4, -0.2) is 50.3 Å². The van der Waals surface area contributed by atoms with Crippen molar-refractivity contribution in [3.05, 3.63) is 77.2 Å². The molecule has 3 aromatic heterocycles. The quantitative estimate of drug-likeness (QED) is 0.243. The number of thiazole rings is 1. The van der Waals surface area contributed by atoms with Crippen LogP contribution in [0, 0.1) is 0 Å². The van der Waals surface area contributed by atoms with Gasteiger partial charge in [-0.1, -0.05) is 49.7 Å². The Kier molecular flexibility index (Phi) is 7.15. The fourth-order valence-electron chi connectivity index (χ4n) is 5.34. The molecule has 9 heteroatoms. The van der Waals surface area contributed by atoms with E-state index in [4.69, 9.17) is 15.5 Å². The normalized spacial score (nSPS) is 14.3. The average Bonchev–Trinajstić information content (AvgIpc) is 3.55. The zero-order valence-electron chi connectivity index (χ0n) is 22.0. The van der Waals surface area contributed by atoms with Crippen molar-refractivity contribution in [2.75, 3.05) is 25.4 Å². The number of likely N-dealkylation sites (tertiary alicyclic amines) is 1. The summed E-state index contributed by atoms with van der Waals surface area (Å²) in [4.78, 5) is 23.5. The fourth-order valence-corrected chi connectivity index (χ4v) is 6.33. The molecule has 0 bridgehead atoms. The summed E-state index contributed by atoms with van der Waals surface area (Å²) in [6.07, 6.45) is 5.70. The summed E-state index contributed by atoms with van der Waals surface area (Å²) in [7, 11) is 0. The van der Waals surface area contributed by atoms with Gasteiger partial charge in [0.15, 0.2) is 5.82 Å².